The van der Waals surface area contributed by atoms with Crippen molar-refractivity contribution in [3.05, 3.63) is 35.9 Å². The highest BCUT2D eigenvalue weighted by Crippen LogP contribution is 2.26. The van der Waals surface area contributed by atoms with E-state index in [-0.39, 0.29) is 6.10 Å². The molecule has 1 aliphatic heterocycles. The molecule has 0 radical (unpaired) electrons. The standard InChI is InChI=1S/C13H15ClN4O/c14-12-2-1-11(19-10-3-5-15-6-4-10)7-13(12)18-9-16-8-17-18/h1-2,7-10,15H,3-6H2. The molecule has 1 saturated heterocycles. The lowest BCUT2D eigenvalue weighted by molar-refractivity contribution is 0.162. The van der Waals surface area contributed by atoms with Gasteiger partial charge in [-0.1, -0.05) is 11.6 Å². The Kier molecular flexibility index (Phi) is 3.66. The molecule has 5 nitrogen and oxygen atoms in total. The molecule has 1 aromatic heterocycles. The first-order valence-corrected chi connectivity index (χ1v) is 6.72. The van der Waals surface area contributed by atoms with Crippen molar-refractivity contribution >= 4 is 11.6 Å². The van der Waals surface area contributed by atoms with Crippen LogP contribution in [0.15, 0.2) is 30.9 Å². The van der Waals surface area contributed by atoms with E-state index in [0.717, 1.165) is 37.4 Å². The zero-order valence-corrected chi connectivity index (χ0v) is 11.2. The van der Waals surface area contributed by atoms with Crippen LogP contribution in [-0.2, 0) is 0 Å². The molecular formula is C13H15ClN4O. The molecule has 0 unspecified atom stereocenters. The molecule has 0 amide bonds. The Morgan fingerprint density at radius 2 is 2.16 bits per heavy atom. The summed E-state index contributed by atoms with van der Waals surface area (Å²) < 4.78 is 7.63. The first-order chi connectivity index (χ1) is 9.33. The summed E-state index contributed by atoms with van der Waals surface area (Å²) in [5.41, 5.74) is 0.783. The monoisotopic (exact) mass is 278 g/mol. The number of rotatable bonds is 3. The molecule has 0 aliphatic carbocycles. The van der Waals surface area contributed by atoms with Crippen LogP contribution in [0.4, 0.5) is 0 Å². The summed E-state index contributed by atoms with van der Waals surface area (Å²) in [6.07, 6.45) is 5.43. The Balaban J connectivity index is 1.81. The molecule has 0 saturated carbocycles. The van der Waals surface area contributed by atoms with Gasteiger partial charge in [-0.05, 0) is 38.1 Å². The van der Waals surface area contributed by atoms with Crippen LogP contribution in [0.3, 0.4) is 0 Å². The number of nitrogens with one attached hydrogen (secondary N) is 1. The molecule has 0 spiro atoms. The molecule has 100 valence electrons. The molecule has 1 aliphatic rings. The Bertz CT molecular complexity index is 538. The third-order valence-corrected chi connectivity index (χ3v) is 3.49. The predicted octanol–water partition coefficient (Wildman–Crippen LogP) is 2.05. The van der Waals surface area contributed by atoms with Crippen molar-refractivity contribution in [3.63, 3.8) is 0 Å². The van der Waals surface area contributed by atoms with Gasteiger partial charge in [-0.3, -0.25) is 0 Å². The number of aromatic nitrogens is 3. The average molecular weight is 279 g/mol. The molecular weight excluding hydrogens is 264 g/mol. The minimum atomic E-state index is 0.269. The fraction of sp³-hybridized carbons (Fsp3) is 0.385. The van der Waals surface area contributed by atoms with E-state index in [1.165, 1.54) is 6.33 Å². The summed E-state index contributed by atoms with van der Waals surface area (Å²) in [5, 5.41) is 8.04. The van der Waals surface area contributed by atoms with Crippen LogP contribution in [0, 0.1) is 0 Å². The molecule has 3 rings (SSSR count). The maximum absolute atomic E-state index is 6.18. The fourth-order valence-electron chi connectivity index (χ4n) is 2.18. The molecule has 2 aromatic rings. The first-order valence-electron chi connectivity index (χ1n) is 6.35. The van der Waals surface area contributed by atoms with Crippen LogP contribution in [-0.4, -0.2) is 34.0 Å². The molecule has 0 atom stereocenters. The molecule has 1 aromatic carbocycles. The molecule has 19 heavy (non-hydrogen) atoms. The Labute approximate surface area is 116 Å². The number of halogens is 1. The van der Waals surface area contributed by atoms with Gasteiger partial charge >= 0.3 is 0 Å². The molecule has 1 N–H and O–H groups in total. The van der Waals surface area contributed by atoms with E-state index in [1.807, 2.05) is 18.2 Å². The lowest BCUT2D eigenvalue weighted by atomic mass is 10.1. The Morgan fingerprint density at radius 3 is 2.89 bits per heavy atom. The van der Waals surface area contributed by atoms with Crippen LogP contribution < -0.4 is 10.1 Å². The summed E-state index contributed by atoms with van der Waals surface area (Å²) in [7, 11) is 0. The van der Waals surface area contributed by atoms with Gasteiger partial charge in [-0.2, -0.15) is 5.10 Å². The lowest BCUT2D eigenvalue weighted by Crippen LogP contribution is -2.34. The van der Waals surface area contributed by atoms with Crippen molar-refractivity contribution in [3.8, 4) is 11.4 Å². The van der Waals surface area contributed by atoms with E-state index < -0.39 is 0 Å². The maximum Gasteiger partial charge on any atom is 0.138 e. The molecule has 6 heteroatoms. The van der Waals surface area contributed by atoms with Gasteiger partial charge in [0.2, 0.25) is 0 Å². The third-order valence-electron chi connectivity index (χ3n) is 3.17. The van der Waals surface area contributed by atoms with E-state index in [2.05, 4.69) is 15.4 Å². The van der Waals surface area contributed by atoms with Gasteiger partial charge in [-0.15, -0.1) is 0 Å². The second-order valence-corrected chi connectivity index (χ2v) is 4.93. The van der Waals surface area contributed by atoms with E-state index >= 15 is 0 Å². The van der Waals surface area contributed by atoms with Crippen LogP contribution >= 0.6 is 11.6 Å². The first kappa shape index (κ1) is 12.4. The zero-order chi connectivity index (χ0) is 13.1. The smallest absolute Gasteiger partial charge is 0.138 e. The van der Waals surface area contributed by atoms with Gasteiger partial charge in [-0.25, -0.2) is 9.67 Å². The number of hydrogen-bond donors (Lipinski definition) is 1. The van der Waals surface area contributed by atoms with E-state index in [9.17, 15) is 0 Å². The van der Waals surface area contributed by atoms with Crippen LogP contribution in [0.2, 0.25) is 5.02 Å². The predicted molar refractivity (Wildman–Crippen MR) is 72.9 cm³/mol. The van der Waals surface area contributed by atoms with Gasteiger partial charge in [0.1, 0.15) is 24.5 Å². The third kappa shape index (κ3) is 2.88. The van der Waals surface area contributed by atoms with E-state index in [0.29, 0.717) is 5.02 Å². The Hall–Kier alpha value is -1.59. The fourth-order valence-corrected chi connectivity index (χ4v) is 2.38. The zero-order valence-electron chi connectivity index (χ0n) is 10.4. The quantitative estimate of drug-likeness (QED) is 0.934. The number of piperidine rings is 1. The summed E-state index contributed by atoms with van der Waals surface area (Å²) in [4.78, 5) is 3.93. The van der Waals surface area contributed by atoms with Gasteiger partial charge < -0.3 is 10.1 Å². The maximum atomic E-state index is 6.18. The van der Waals surface area contributed by atoms with Crippen LogP contribution in [0.1, 0.15) is 12.8 Å². The van der Waals surface area contributed by atoms with Crippen molar-refractivity contribution in [1.82, 2.24) is 20.1 Å². The van der Waals surface area contributed by atoms with E-state index in [1.54, 1.807) is 11.0 Å². The van der Waals surface area contributed by atoms with Crippen LogP contribution in [0.25, 0.3) is 5.69 Å². The van der Waals surface area contributed by atoms with E-state index in [4.69, 9.17) is 16.3 Å². The summed E-state index contributed by atoms with van der Waals surface area (Å²) in [6.45, 7) is 2.02. The largest absolute Gasteiger partial charge is 0.490 e. The Morgan fingerprint density at radius 1 is 1.32 bits per heavy atom. The highest BCUT2D eigenvalue weighted by Gasteiger charge is 2.15. The summed E-state index contributed by atoms with van der Waals surface area (Å²) in [5.74, 6) is 0.821. The molecule has 1 fully saturated rings. The SMILES string of the molecule is Clc1ccc(OC2CCNCC2)cc1-n1cncn1. The van der Waals surface area contributed by atoms with Crippen molar-refractivity contribution in [2.24, 2.45) is 0 Å². The van der Waals surface area contributed by atoms with Crippen molar-refractivity contribution in [1.29, 1.82) is 0 Å². The second-order valence-electron chi connectivity index (χ2n) is 4.52. The average Bonchev–Trinajstić information content (AvgIpc) is 2.96. The van der Waals surface area contributed by atoms with Gasteiger partial charge in [0.15, 0.2) is 0 Å². The van der Waals surface area contributed by atoms with Crippen LogP contribution in [0.5, 0.6) is 5.75 Å². The summed E-state index contributed by atoms with van der Waals surface area (Å²) in [6, 6.07) is 5.62. The van der Waals surface area contributed by atoms with Crippen molar-refractivity contribution < 1.29 is 4.74 Å². The second kappa shape index (κ2) is 5.59. The summed E-state index contributed by atoms with van der Waals surface area (Å²) >= 11 is 6.18. The number of ether oxygens (including phenoxy) is 1. The number of benzene rings is 1. The van der Waals surface area contributed by atoms with Gasteiger partial charge in [0.25, 0.3) is 0 Å². The molecule has 2 heterocycles. The minimum Gasteiger partial charge on any atom is -0.490 e. The van der Waals surface area contributed by atoms with Gasteiger partial charge in [0.05, 0.1) is 10.7 Å². The highest BCUT2D eigenvalue weighted by atomic mass is 35.5. The van der Waals surface area contributed by atoms with Crippen molar-refractivity contribution in [2.45, 2.75) is 18.9 Å². The highest BCUT2D eigenvalue weighted by molar-refractivity contribution is 6.32. The van der Waals surface area contributed by atoms with Crippen molar-refractivity contribution in [2.75, 3.05) is 13.1 Å². The number of nitrogens with zero attached hydrogens (tertiary/aromatic N) is 3. The molecule has 0 bridgehead atoms. The normalized spacial score (nSPS) is 16.5. The number of hydrogen-bond acceptors (Lipinski definition) is 4. The minimum absolute atomic E-state index is 0.269. The van der Waals surface area contributed by atoms with Gasteiger partial charge in [0, 0.05) is 6.07 Å². The topological polar surface area (TPSA) is 52.0 Å². The lowest BCUT2D eigenvalue weighted by Gasteiger charge is -2.24.